The van der Waals surface area contributed by atoms with Crippen LogP contribution in [0.2, 0.25) is 0 Å². The van der Waals surface area contributed by atoms with Gasteiger partial charge in [0.1, 0.15) is 0 Å². The van der Waals surface area contributed by atoms with Crippen molar-refractivity contribution in [3.8, 4) is 0 Å². The second-order valence-corrected chi connectivity index (χ2v) is 19.3. The van der Waals surface area contributed by atoms with Gasteiger partial charge >= 0.3 is 0 Å². The van der Waals surface area contributed by atoms with E-state index in [4.69, 9.17) is 0 Å². The van der Waals surface area contributed by atoms with Gasteiger partial charge in [-0.05, 0) is 0 Å². The highest BCUT2D eigenvalue weighted by molar-refractivity contribution is 7.73. The van der Waals surface area contributed by atoms with Crippen LogP contribution in [0.5, 0.6) is 0 Å². The molecule has 0 amide bonds. The summed E-state index contributed by atoms with van der Waals surface area (Å²) < 4.78 is 0. The Morgan fingerprint density at radius 2 is 1.00 bits per heavy atom. The Morgan fingerprint density at radius 1 is 0.684 bits per heavy atom. The van der Waals surface area contributed by atoms with Crippen LogP contribution in [0.3, 0.4) is 0 Å². The van der Waals surface area contributed by atoms with Crippen LogP contribution in [0.15, 0.2) is 0 Å². The molecule has 5 heteroatoms. The summed E-state index contributed by atoms with van der Waals surface area (Å²) in [6.45, 7) is 20.5. The second-order valence-electron chi connectivity index (χ2n) is 7.48. The maximum absolute atomic E-state index is 10.00. The third-order valence-corrected chi connectivity index (χ3v) is 1.88. The first-order chi connectivity index (χ1) is 8.27. The first-order valence-corrected chi connectivity index (χ1v) is 15.5. The molecule has 0 aliphatic rings. The van der Waals surface area contributed by atoms with Crippen molar-refractivity contribution in [3.63, 3.8) is 0 Å². The van der Waals surface area contributed by atoms with Crippen LogP contribution in [0.25, 0.3) is 0 Å². The van der Waals surface area contributed by atoms with Gasteiger partial charge < -0.3 is 18.2 Å². The largest absolute Gasteiger partial charge is 0.842 e. The van der Waals surface area contributed by atoms with E-state index in [1.165, 1.54) is 0 Å². The summed E-state index contributed by atoms with van der Waals surface area (Å²) in [5.41, 5.74) is 0. The van der Waals surface area contributed by atoms with Crippen molar-refractivity contribution in [1.29, 1.82) is 0 Å². The van der Waals surface area contributed by atoms with Crippen LogP contribution in [0.1, 0.15) is 32.6 Å². The van der Waals surface area contributed by atoms with Crippen molar-refractivity contribution in [2.75, 3.05) is 59.5 Å². The van der Waals surface area contributed by atoms with Gasteiger partial charge in [0, 0.05) is 67.8 Å². The topological polar surface area (TPSA) is 46.1 Å². The molecular formula is C14H37O2P3. The summed E-state index contributed by atoms with van der Waals surface area (Å²) in [6, 6.07) is 0. The number of rotatable bonds is 5. The van der Waals surface area contributed by atoms with E-state index in [2.05, 4.69) is 60.2 Å². The van der Waals surface area contributed by atoms with Crippen LogP contribution in [-0.2, 0) is 0 Å². The Balaban J connectivity index is -0.000000219. The molecule has 0 fully saturated rings. The molecule has 0 aliphatic carbocycles. The van der Waals surface area contributed by atoms with E-state index in [-0.39, 0.29) is 14.5 Å². The molecule has 0 saturated carbocycles. The van der Waals surface area contributed by atoms with Crippen molar-refractivity contribution in [2.24, 2.45) is 0 Å². The van der Waals surface area contributed by atoms with Crippen molar-refractivity contribution in [2.45, 2.75) is 32.6 Å². The highest BCUT2D eigenvalue weighted by Gasteiger charge is 2.03. The van der Waals surface area contributed by atoms with Crippen LogP contribution >= 0.6 is 22.9 Å². The zero-order valence-corrected chi connectivity index (χ0v) is 17.4. The number of hydrogen-bond donors (Lipinski definition) is 0. The minimum atomic E-state index is -2.12. The molecule has 120 valence electrons. The molecule has 0 radical (unpaired) electrons. The maximum Gasteiger partial charge on any atom is 0.0481 e. The van der Waals surface area contributed by atoms with E-state index in [1.54, 1.807) is 0 Å². The Labute approximate surface area is 125 Å². The molecule has 0 rings (SSSR count). The monoisotopic (exact) mass is 330 g/mol. The van der Waals surface area contributed by atoms with E-state index < -0.39 is 8.38 Å². The Kier molecular flexibility index (Phi) is 18.8. The predicted molar refractivity (Wildman–Crippen MR) is 97.2 cm³/mol. The summed E-state index contributed by atoms with van der Waals surface area (Å²) in [5.74, 6) is 0. The van der Waals surface area contributed by atoms with Crippen LogP contribution in [0, 0.1) is 0 Å². The first kappa shape index (κ1) is 25.2. The molecule has 0 N–H and O–H groups in total. The SMILES string of the molecule is CCCCCCP([O-])[O-].C[P+](C)(C)C.C[P+](C)(C)C. The van der Waals surface area contributed by atoms with Gasteiger partial charge in [-0.2, -0.15) is 0 Å². The molecule has 0 aromatic carbocycles. The van der Waals surface area contributed by atoms with Crippen molar-refractivity contribution in [3.05, 3.63) is 0 Å². The van der Waals surface area contributed by atoms with E-state index >= 15 is 0 Å². The summed E-state index contributed by atoms with van der Waals surface area (Å²) in [4.78, 5) is 20.0. The van der Waals surface area contributed by atoms with Gasteiger partial charge in [-0.25, -0.2) is 0 Å². The van der Waals surface area contributed by atoms with E-state index in [0.717, 1.165) is 25.7 Å². The molecule has 0 atom stereocenters. The third-order valence-electron chi connectivity index (χ3n) is 1.19. The van der Waals surface area contributed by atoms with Gasteiger partial charge in [-0.3, -0.25) is 0 Å². The number of hydrogen-bond acceptors (Lipinski definition) is 2. The average Bonchev–Trinajstić information content (AvgIpc) is 2.06. The zero-order valence-electron chi connectivity index (χ0n) is 14.7. The fraction of sp³-hybridized carbons (Fsp3) is 1.00. The molecule has 2 nitrogen and oxygen atoms in total. The van der Waals surface area contributed by atoms with Crippen LogP contribution in [0.4, 0.5) is 0 Å². The fourth-order valence-electron chi connectivity index (χ4n) is 0.668. The lowest BCUT2D eigenvalue weighted by Gasteiger charge is -2.30. The molecule has 0 aromatic rings. The maximum atomic E-state index is 10.00. The average molecular weight is 330 g/mol. The Morgan fingerprint density at radius 3 is 1.21 bits per heavy atom. The lowest BCUT2D eigenvalue weighted by Crippen LogP contribution is -2.10. The fourth-order valence-corrected chi connectivity index (χ4v) is 1.15. The lowest BCUT2D eigenvalue weighted by molar-refractivity contribution is -0.292. The summed E-state index contributed by atoms with van der Waals surface area (Å²) >= 11 is 0. The summed E-state index contributed by atoms with van der Waals surface area (Å²) in [6.07, 6.45) is 4.58. The minimum absolute atomic E-state index is 0.370. The second kappa shape index (κ2) is 14.2. The molecule has 0 spiro atoms. The molecule has 0 unspecified atom stereocenters. The third kappa shape index (κ3) is 109. The predicted octanol–water partition coefficient (Wildman–Crippen LogP) is 3.65. The van der Waals surface area contributed by atoms with E-state index in [1.807, 2.05) is 0 Å². The Hall–Kier alpha value is 1.21. The van der Waals surface area contributed by atoms with Crippen LogP contribution < -0.4 is 9.79 Å². The van der Waals surface area contributed by atoms with Gasteiger partial charge in [-0.1, -0.05) is 38.8 Å². The molecular weight excluding hydrogens is 293 g/mol. The molecule has 0 aromatic heterocycles. The minimum Gasteiger partial charge on any atom is -0.842 e. The summed E-state index contributed by atoms with van der Waals surface area (Å²) in [5, 5.41) is 0. The smallest absolute Gasteiger partial charge is 0.0481 e. The van der Waals surface area contributed by atoms with Gasteiger partial charge in [-0.15, -0.1) is 0 Å². The van der Waals surface area contributed by atoms with E-state index in [9.17, 15) is 9.79 Å². The molecule has 0 saturated heterocycles. The van der Waals surface area contributed by atoms with Gasteiger partial charge in [0.2, 0.25) is 0 Å². The quantitative estimate of drug-likeness (QED) is 0.571. The molecule has 0 heterocycles. The Bertz CT molecular complexity index is 149. The van der Waals surface area contributed by atoms with E-state index in [0.29, 0.717) is 6.16 Å². The molecule has 0 bridgehead atoms. The molecule has 0 aliphatic heterocycles. The van der Waals surface area contributed by atoms with Gasteiger partial charge in [0.25, 0.3) is 0 Å². The lowest BCUT2D eigenvalue weighted by atomic mass is 10.2. The standard InChI is InChI=1S/C6H13O2P.2C4H12P/c1-2-3-4-5-6-9(7)8;2*1-5(2,3)4/h2-6H2,1H3;2*1-4H3/q-2;2*+1. The highest BCUT2D eigenvalue weighted by Crippen LogP contribution is 2.40. The van der Waals surface area contributed by atoms with Crippen LogP contribution in [-0.4, -0.2) is 59.5 Å². The van der Waals surface area contributed by atoms with Crippen molar-refractivity contribution < 1.29 is 9.79 Å². The van der Waals surface area contributed by atoms with Crippen molar-refractivity contribution >= 4 is 22.9 Å². The van der Waals surface area contributed by atoms with Gasteiger partial charge in [0.15, 0.2) is 0 Å². The summed E-state index contributed by atoms with van der Waals surface area (Å²) in [7, 11) is -2.89. The van der Waals surface area contributed by atoms with Crippen molar-refractivity contribution in [1.82, 2.24) is 0 Å². The van der Waals surface area contributed by atoms with Gasteiger partial charge in [0.05, 0.1) is 0 Å². The first-order valence-electron chi connectivity index (χ1n) is 6.97. The normalized spacial score (nSPS) is 11.4. The zero-order chi connectivity index (χ0) is 16.1. The molecule has 19 heavy (non-hydrogen) atoms. The highest BCUT2D eigenvalue weighted by atomic mass is 31.2. The number of unbranched alkanes of at least 4 members (excludes halogenated alkanes) is 3.